The maximum atomic E-state index is 11.8. The molecule has 4 rings (SSSR count). The second kappa shape index (κ2) is 9.36. The first kappa shape index (κ1) is 25.3. The van der Waals surface area contributed by atoms with Crippen molar-refractivity contribution in [2.24, 2.45) is 7.05 Å². The van der Waals surface area contributed by atoms with Gasteiger partial charge in [0.2, 0.25) is 0 Å². The van der Waals surface area contributed by atoms with Crippen molar-refractivity contribution in [3.05, 3.63) is 80.1 Å². The Morgan fingerprint density at radius 1 is 1.17 bits per heavy atom. The monoisotopic (exact) mass is 532 g/mol. The molecule has 0 aliphatic heterocycles. The molecule has 2 N–H and O–H groups in total. The zero-order chi connectivity index (χ0) is 25.7. The van der Waals surface area contributed by atoms with E-state index < -0.39 is 17.5 Å². The van der Waals surface area contributed by atoms with Gasteiger partial charge in [-0.1, -0.05) is 78.9 Å². The van der Waals surface area contributed by atoms with Crippen LogP contribution in [0.2, 0.25) is 15.1 Å². The number of aromatic nitrogens is 2. The van der Waals surface area contributed by atoms with Crippen molar-refractivity contribution >= 4 is 57.8 Å². The number of rotatable bonds is 5. The number of aliphatic hydroxyl groups is 1. The van der Waals surface area contributed by atoms with Crippen LogP contribution >= 0.6 is 34.8 Å². The van der Waals surface area contributed by atoms with Gasteiger partial charge in [-0.15, -0.1) is 0 Å². The number of carboxylic acid groups (broad SMARTS) is 1. The lowest BCUT2D eigenvalue weighted by Crippen LogP contribution is -2.15. The molecule has 0 aliphatic rings. The van der Waals surface area contributed by atoms with Crippen LogP contribution in [-0.4, -0.2) is 25.9 Å². The highest BCUT2D eigenvalue weighted by Crippen LogP contribution is 2.45. The van der Waals surface area contributed by atoms with Gasteiger partial charge in [0.05, 0.1) is 21.1 Å². The SMILES string of the molecule is Cn1cc(C(O)c2c(-c3c(Cl)cc(Cl)cc3Cl)noc2C(C)(C)C)c2cccc(/C=C/C(=O)O)c21. The first-order valence-corrected chi connectivity index (χ1v) is 11.9. The van der Waals surface area contributed by atoms with E-state index in [1.165, 1.54) is 6.08 Å². The Balaban J connectivity index is 1.97. The summed E-state index contributed by atoms with van der Waals surface area (Å²) >= 11 is 19.1. The number of halogens is 3. The number of nitrogens with zero attached hydrogens (tertiary/aromatic N) is 2. The molecular formula is C26H23Cl3N2O4. The minimum atomic E-state index is -1.14. The van der Waals surface area contributed by atoms with Crippen molar-refractivity contribution in [2.45, 2.75) is 32.3 Å². The molecule has 182 valence electrons. The van der Waals surface area contributed by atoms with E-state index in [1.807, 2.05) is 56.8 Å². The lowest BCUT2D eigenvalue weighted by Gasteiger charge is -2.20. The molecular weight excluding hydrogens is 511 g/mol. The van der Waals surface area contributed by atoms with Gasteiger partial charge < -0.3 is 19.3 Å². The predicted molar refractivity (Wildman–Crippen MR) is 139 cm³/mol. The molecule has 0 radical (unpaired) electrons. The highest BCUT2D eigenvalue weighted by Gasteiger charge is 2.34. The van der Waals surface area contributed by atoms with Crippen LogP contribution in [0, 0.1) is 0 Å². The third-order valence-corrected chi connectivity index (χ3v) is 6.50. The number of carbonyl (C=O) groups is 1. The maximum absolute atomic E-state index is 11.8. The van der Waals surface area contributed by atoms with Crippen molar-refractivity contribution in [2.75, 3.05) is 0 Å². The van der Waals surface area contributed by atoms with Crippen LogP contribution < -0.4 is 0 Å². The number of para-hydroxylation sites is 1. The molecule has 0 fully saturated rings. The van der Waals surface area contributed by atoms with Crippen LogP contribution in [0.15, 0.2) is 47.1 Å². The summed E-state index contributed by atoms with van der Waals surface area (Å²) in [6.07, 6.45) is 3.27. The van der Waals surface area contributed by atoms with Gasteiger partial charge in [-0.25, -0.2) is 4.79 Å². The largest absolute Gasteiger partial charge is 0.478 e. The number of carboxylic acids is 1. The quantitative estimate of drug-likeness (QED) is 0.263. The Kier molecular flexibility index (Phi) is 6.77. The summed E-state index contributed by atoms with van der Waals surface area (Å²) in [5, 5.41) is 26.8. The van der Waals surface area contributed by atoms with Gasteiger partial charge in [0, 0.05) is 46.3 Å². The Bertz CT molecular complexity index is 1460. The number of hydrogen-bond donors (Lipinski definition) is 2. The molecule has 35 heavy (non-hydrogen) atoms. The van der Waals surface area contributed by atoms with E-state index in [2.05, 4.69) is 5.16 Å². The van der Waals surface area contributed by atoms with E-state index in [4.69, 9.17) is 44.4 Å². The molecule has 0 amide bonds. The number of aliphatic hydroxyl groups excluding tert-OH is 1. The molecule has 2 aromatic carbocycles. The van der Waals surface area contributed by atoms with Crippen molar-refractivity contribution in [3.63, 3.8) is 0 Å². The van der Waals surface area contributed by atoms with Gasteiger partial charge in [0.1, 0.15) is 17.6 Å². The van der Waals surface area contributed by atoms with Crippen molar-refractivity contribution in [1.82, 2.24) is 9.72 Å². The molecule has 9 heteroatoms. The Morgan fingerprint density at radius 3 is 2.43 bits per heavy atom. The molecule has 2 aromatic heterocycles. The second-order valence-electron chi connectivity index (χ2n) is 9.28. The summed E-state index contributed by atoms with van der Waals surface area (Å²) < 4.78 is 7.61. The molecule has 0 saturated carbocycles. The van der Waals surface area contributed by atoms with Crippen LogP contribution in [0.25, 0.3) is 28.2 Å². The van der Waals surface area contributed by atoms with Crippen molar-refractivity contribution < 1.29 is 19.5 Å². The highest BCUT2D eigenvalue weighted by atomic mass is 35.5. The zero-order valence-electron chi connectivity index (χ0n) is 19.4. The minimum absolute atomic E-state index is 0.281. The number of hydrogen-bond acceptors (Lipinski definition) is 4. The minimum Gasteiger partial charge on any atom is -0.478 e. The molecule has 2 heterocycles. The molecule has 0 bridgehead atoms. The van der Waals surface area contributed by atoms with Crippen LogP contribution in [0.5, 0.6) is 0 Å². The molecule has 0 saturated heterocycles. The first-order chi connectivity index (χ1) is 16.4. The summed E-state index contributed by atoms with van der Waals surface area (Å²) in [4.78, 5) is 11.1. The van der Waals surface area contributed by atoms with Crippen molar-refractivity contribution in [1.29, 1.82) is 0 Å². The van der Waals surface area contributed by atoms with Crippen LogP contribution in [0.4, 0.5) is 0 Å². The molecule has 1 unspecified atom stereocenters. The van der Waals surface area contributed by atoms with Gasteiger partial charge in [-0.2, -0.15) is 0 Å². The van der Waals surface area contributed by atoms with Gasteiger partial charge in [-0.3, -0.25) is 0 Å². The molecule has 0 aliphatic carbocycles. The fraction of sp³-hybridized carbons (Fsp3) is 0.231. The third-order valence-electron chi connectivity index (χ3n) is 5.69. The van der Waals surface area contributed by atoms with E-state index in [0.717, 1.165) is 17.0 Å². The summed E-state index contributed by atoms with van der Waals surface area (Å²) in [7, 11) is 1.84. The maximum Gasteiger partial charge on any atom is 0.328 e. The lowest BCUT2D eigenvalue weighted by atomic mass is 9.85. The fourth-order valence-corrected chi connectivity index (χ4v) is 5.24. The number of benzene rings is 2. The average Bonchev–Trinajstić information content (AvgIpc) is 3.33. The number of fused-ring (bicyclic) bond motifs is 1. The fourth-order valence-electron chi connectivity index (χ4n) is 4.24. The van der Waals surface area contributed by atoms with E-state index in [1.54, 1.807) is 12.1 Å². The number of aliphatic carboxylic acids is 1. The van der Waals surface area contributed by atoms with Gasteiger partial charge in [0.15, 0.2) is 0 Å². The van der Waals surface area contributed by atoms with Gasteiger partial charge >= 0.3 is 5.97 Å². The summed E-state index contributed by atoms with van der Waals surface area (Å²) in [5.41, 5.74) is 2.77. The van der Waals surface area contributed by atoms with Gasteiger partial charge in [0.25, 0.3) is 0 Å². The smallest absolute Gasteiger partial charge is 0.328 e. The normalized spacial score (nSPS) is 13.1. The van der Waals surface area contributed by atoms with Gasteiger partial charge in [-0.05, 0) is 23.8 Å². The second-order valence-corrected chi connectivity index (χ2v) is 10.5. The van der Waals surface area contributed by atoms with Crippen LogP contribution in [0.3, 0.4) is 0 Å². The van der Waals surface area contributed by atoms with E-state index in [9.17, 15) is 9.90 Å². The summed E-state index contributed by atoms with van der Waals surface area (Å²) in [6.45, 7) is 5.86. The van der Waals surface area contributed by atoms with E-state index in [0.29, 0.717) is 38.7 Å². The Morgan fingerprint density at radius 2 is 1.83 bits per heavy atom. The standard InChI is InChI=1S/C26H23Cl3N2O4/c1-26(2,3)25-21(22(30-35-25)20-17(28)10-14(27)11-18(20)29)24(34)16-12-31(4)23-13(8-9-19(32)33)6-5-7-15(16)23/h5-12,24,34H,1-4H3,(H,32,33)/b9-8+. The number of aryl methyl sites for hydroxylation is 1. The Labute approximate surface area is 217 Å². The average molecular weight is 534 g/mol. The molecule has 4 aromatic rings. The molecule has 1 atom stereocenters. The topological polar surface area (TPSA) is 88.5 Å². The predicted octanol–water partition coefficient (Wildman–Crippen LogP) is 7.27. The van der Waals surface area contributed by atoms with E-state index in [-0.39, 0.29) is 10.0 Å². The molecule has 6 nitrogen and oxygen atoms in total. The highest BCUT2D eigenvalue weighted by molar-refractivity contribution is 6.41. The Hall–Kier alpha value is -2.77. The third kappa shape index (κ3) is 4.71. The zero-order valence-corrected chi connectivity index (χ0v) is 21.7. The summed E-state index contributed by atoms with van der Waals surface area (Å²) in [6, 6.07) is 8.62. The van der Waals surface area contributed by atoms with Crippen LogP contribution in [-0.2, 0) is 17.3 Å². The summed E-state index contributed by atoms with van der Waals surface area (Å²) in [5.74, 6) is -0.557. The van der Waals surface area contributed by atoms with Crippen molar-refractivity contribution in [3.8, 4) is 11.3 Å². The first-order valence-electron chi connectivity index (χ1n) is 10.7. The van der Waals surface area contributed by atoms with Crippen LogP contribution in [0.1, 0.15) is 49.3 Å². The lowest BCUT2D eigenvalue weighted by molar-refractivity contribution is -0.131. The van der Waals surface area contributed by atoms with E-state index >= 15 is 0 Å². The molecule has 0 spiro atoms.